The predicted octanol–water partition coefficient (Wildman–Crippen LogP) is 4.22. The topological polar surface area (TPSA) is 59.6 Å². The molecule has 2 aromatic rings. The van der Waals surface area contributed by atoms with Crippen molar-refractivity contribution in [3.8, 4) is 11.5 Å². The van der Waals surface area contributed by atoms with Crippen molar-refractivity contribution in [2.45, 2.75) is 32.9 Å². The molecule has 0 fully saturated rings. The molecule has 2 amide bonds. The third-order valence-electron chi connectivity index (χ3n) is 4.53. The maximum atomic E-state index is 12.5. The van der Waals surface area contributed by atoms with Gasteiger partial charge in [-0.25, -0.2) is 4.79 Å². The number of nitrogens with one attached hydrogen (secondary N) is 2. The molecule has 2 aromatic carbocycles. The second kappa shape index (κ2) is 8.13. The van der Waals surface area contributed by atoms with Gasteiger partial charge in [0.1, 0.15) is 13.2 Å². The van der Waals surface area contributed by atoms with Gasteiger partial charge >= 0.3 is 6.03 Å². The number of fused-ring (bicyclic) bond motifs is 1. The molecular weight excluding hydrogens is 328 g/mol. The van der Waals surface area contributed by atoms with Crippen molar-refractivity contribution in [1.29, 1.82) is 0 Å². The second-order valence-corrected chi connectivity index (χ2v) is 6.87. The zero-order chi connectivity index (χ0) is 18.5. The van der Waals surface area contributed by atoms with Crippen LogP contribution in [0.5, 0.6) is 11.5 Å². The second-order valence-electron chi connectivity index (χ2n) is 6.87. The van der Waals surface area contributed by atoms with Gasteiger partial charge in [-0.3, -0.25) is 0 Å². The van der Waals surface area contributed by atoms with E-state index in [-0.39, 0.29) is 24.0 Å². The molecule has 0 spiro atoms. The smallest absolute Gasteiger partial charge is 0.315 e. The third kappa shape index (κ3) is 4.28. The quantitative estimate of drug-likeness (QED) is 0.845. The number of rotatable bonds is 5. The average molecular weight is 354 g/mol. The van der Waals surface area contributed by atoms with Gasteiger partial charge < -0.3 is 20.1 Å². The van der Waals surface area contributed by atoms with Gasteiger partial charge in [-0.2, -0.15) is 0 Å². The number of ether oxygens (including phenoxy) is 2. The summed E-state index contributed by atoms with van der Waals surface area (Å²) in [4.78, 5) is 12.5. The van der Waals surface area contributed by atoms with Gasteiger partial charge in [0.15, 0.2) is 11.5 Å². The first-order valence-corrected chi connectivity index (χ1v) is 9.06. The lowest BCUT2D eigenvalue weighted by Crippen LogP contribution is -2.40. The van der Waals surface area contributed by atoms with Gasteiger partial charge in [-0.05, 0) is 36.1 Å². The summed E-state index contributed by atoms with van der Waals surface area (Å²) >= 11 is 0. The Hall–Kier alpha value is -2.69. The first kappa shape index (κ1) is 18.1. The molecule has 0 unspecified atom stereocenters. The predicted molar refractivity (Wildman–Crippen MR) is 102 cm³/mol. The van der Waals surface area contributed by atoms with Crippen molar-refractivity contribution in [3.05, 3.63) is 59.7 Å². The van der Waals surface area contributed by atoms with E-state index in [9.17, 15) is 4.79 Å². The molecule has 0 saturated carbocycles. The Kier molecular flexibility index (Phi) is 5.66. The van der Waals surface area contributed by atoms with Crippen LogP contribution >= 0.6 is 0 Å². The highest BCUT2D eigenvalue weighted by molar-refractivity contribution is 5.75. The molecule has 1 heterocycles. The molecule has 5 nitrogen and oxygen atoms in total. The van der Waals surface area contributed by atoms with Gasteiger partial charge in [0.2, 0.25) is 0 Å². The van der Waals surface area contributed by atoms with Crippen LogP contribution in [0.4, 0.5) is 4.79 Å². The van der Waals surface area contributed by atoms with Crippen LogP contribution in [0.3, 0.4) is 0 Å². The normalized spacial score (nSPS) is 15.2. The Bertz CT molecular complexity index is 746. The number of urea groups is 1. The first-order chi connectivity index (χ1) is 12.5. The maximum Gasteiger partial charge on any atom is 0.315 e. The van der Waals surface area contributed by atoms with Crippen LogP contribution in [0.25, 0.3) is 0 Å². The van der Waals surface area contributed by atoms with Crippen molar-refractivity contribution in [2.75, 3.05) is 13.2 Å². The summed E-state index contributed by atoms with van der Waals surface area (Å²) < 4.78 is 11.2. The van der Waals surface area contributed by atoms with Gasteiger partial charge in [0.05, 0.1) is 12.1 Å². The molecule has 0 saturated heterocycles. The highest BCUT2D eigenvalue weighted by Gasteiger charge is 2.22. The molecule has 0 radical (unpaired) electrons. The molecule has 1 aliphatic rings. The van der Waals surface area contributed by atoms with Gasteiger partial charge in [0, 0.05) is 0 Å². The van der Waals surface area contributed by atoms with E-state index in [0.717, 1.165) is 22.6 Å². The zero-order valence-corrected chi connectivity index (χ0v) is 15.5. The summed E-state index contributed by atoms with van der Waals surface area (Å²) in [6.45, 7) is 7.26. The van der Waals surface area contributed by atoms with E-state index in [2.05, 4.69) is 24.5 Å². The lowest BCUT2D eigenvalue weighted by atomic mass is 9.95. The molecule has 2 atom stereocenters. The minimum atomic E-state index is -0.185. The molecule has 0 aliphatic carbocycles. The van der Waals surface area contributed by atoms with Gasteiger partial charge in [0.25, 0.3) is 0 Å². The summed E-state index contributed by atoms with van der Waals surface area (Å²) in [5, 5.41) is 6.10. The number of benzene rings is 2. The summed E-state index contributed by atoms with van der Waals surface area (Å²) in [6, 6.07) is 15.4. The molecular formula is C21H26N2O3. The zero-order valence-electron chi connectivity index (χ0n) is 15.5. The fourth-order valence-electron chi connectivity index (χ4n) is 3.09. The lowest BCUT2D eigenvalue weighted by Gasteiger charge is -2.26. The minimum Gasteiger partial charge on any atom is -0.486 e. The van der Waals surface area contributed by atoms with Crippen LogP contribution in [0.2, 0.25) is 0 Å². The summed E-state index contributed by atoms with van der Waals surface area (Å²) in [5.41, 5.74) is 2.08. The molecule has 2 N–H and O–H groups in total. The molecule has 138 valence electrons. The number of hydrogen-bond donors (Lipinski definition) is 2. The Morgan fingerprint density at radius 3 is 2.27 bits per heavy atom. The fraction of sp³-hybridized carbons (Fsp3) is 0.381. The Balaban J connectivity index is 1.69. The van der Waals surface area contributed by atoms with E-state index in [4.69, 9.17) is 9.47 Å². The summed E-state index contributed by atoms with van der Waals surface area (Å²) in [5.74, 6) is 1.72. The molecule has 0 bridgehead atoms. The number of hydrogen-bond acceptors (Lipinski definition) is 3. The SMILES string of the molecule is CC(C)[C@H](NC(=O)N[C@@H](C)c1ccccc1)c1ccc2c(c1)OCCO2. The number of carbonyl (C=O) groups excluding carboxylic acids is 1. The molecule has 3 rings (SSSR count). The largest absolute Gasteiger partial charge is 0.486 e. The highest BCUT2D eigenvalue weighted by Crippen LogP contribution is 2.34. The van der Waals surface area contributed by atoms with E-state index >= 15 is 0 Å². The monoisotopic (exact) mass is 354 g/mol. The molecule has 1 aliphatic heterocycles. The first-order valence-electron chi connectivity index (χ1n) is 9.06. The van der Waals surface area contributed by atoms with E-state index in [1.165, 1.54) is 0 Å². The molecule has 0 aromatic heterocycles. The van der Waals surface area contributed by atoms with Crippen LogP contribution in [0.1, 0.15) is 44.0 Å². The van der Waals surface area contributed by atoms with E-state index in [0.29, 0.717) is 13.2 Å². The maximum absolute atomic E-state index is 12.5. The van der Waals surface area contributed by atoms with Gasteiger partial charge in [-0.1, -0.05) is 50.2 Å². The van der Waals surface area contributed by atoms with E-state index < -0.39 is 0 Å². The number of amides is 2. The highest BCUT2D eigenvalue weighted by atomic mass is 16.6. The van der Waals surface area contributed by atoms with Crippen LogP contribution in [-0.2, 0) is 0 Å². The van der Waals surface area contributed by atoms with E-state index in [1.807, 2.05) is 55.5 Å². The van der Waals surface area contributed by atoms with Crippen LogP contribution < -0.4 is 20.1 Å². The number of carbonyl (C=O) groups is 1. The van der Waals surface area contributed by atoms with Gasteiger partial charge in [-0.15, -0.1) is 0 Å². The lowest BCUT2D eigenvalue weighted by molar-refractivity contribution is 0.171. The van der Waals surface area contributed by atoms with Crippen LogP contribution in [-0.4, -0.2) is 19.2 Å². The Labute approximate surface area is 154 Å². The van der Waals surface area contributed by atoms with Crippen LogP contribution in [0, 0.1) is 5.92 Å². The van der Waals surface area contributed by atoms with Crippen molar-refractivity contribution in [3.63, 3.8) is 0 Å². The van der Waals surface area contributed by atoms with Crippen LogP contribution in [0.15, 0.2) is 48.5 Å². The van der Waals surface area contributed by atoms with Crippen molar-refractivity contribution in [1.82, 2.24) is 10.6 Å². The fourth-order valence-corrected chi connectivity index (χ4v) is 3.09. The van der Waals surface area contributed by atoms with Crippen molar-refractivity contribution in [2.24, 2.45) is 5.92 Å². The van der Waals surface area contributed by atoms with E-state index in [1.54, 1.807) is 0 Å². The molecule has 5 heteroatoms. The van der Waals surface area contributed by atoms with Crippen molar-refractivity contribution >= 4 is 6.03 Å². The molecule has 26 heavy (non-hydrogen) atoms. The Morgan fingerprint density at radius 2 is 1.58 bits per heavy atom. The summed E-state index contributed by atoms with van der Waals surface area (Å²) in [7, 11) is 0. The standard InChI is InChI=1S/C21H26N2O3/c1-14(2)20(17-9-10-18-19(13-17)26-12-11-25-18)23-21(24)22-15(3)16-7-5-4-6-8-16/h4-10,13-15,20H,11-12H2,1-3H3,(H2,22,23,24)/t15-,20-/m0/s1. The van der Waals surface area contributed by atoms with Crippen molar-refractivity contribution < 1.29 is 14.3 Å². The minimum absolute atomic E-state index is 0.0655. The average Bonchev–Trinajstić information content (AvgIpc) is 2.66. The summed E-state index contributed by atoms with van der Waals surface area (Å²) in [6.07, 6.45) is 0. The Morgan fingerprint density at radius 1 is 0.885 bits per heavy atom. The third-order valence-corrected chi connectivity index (χ3v) is 4.53.